The maximum atomic E-state index is 12.7. The molecule has 0 aliphatic rings. The predicted molar refractivity (Wildman–Crippen MR) is 114 cm³/mol. The number of non-ortho nitro benzene ring substituents is 1. The lowest BCUT2D eigenvalue weighted by Gasteiger charge is -2.25. The monoisotopic (exact) mass is 458 g/mol. The summed E-state index contributed by atoms with van der Waals surface area (Å²) < 4.78 is 9.82. The van der Waals surface area contributed by atoms with Crippen LogP contribution in [-0.2, 0) is 19.1 Å². The molecular formula is C22H22N2O9. The Hall–Kier alpha value is -4.28. The van der Waals surface area contributed by atoms with Crippen LogP contribution in [0.15, 0.2) is 48.5 Å². The number of hydrogen-bond acceptors (Lipinski definition) is 8. The van der Waals surface area contributed by atoms with Gasteiger partial charge in [0.25, 0.3) is 11.6 Å². The highest BCUT2D eigenvalue weighted by Crippen LogP contribution is 2.27. The Morgan fingerprint density at radius 3 is 2.15 bits per heavy atom. The van der Waals surface area contributed by atoms with Crippen molar-refractivity contribution < 1.29 is 38.7 Å². The van der Waals surface area contributed by atoms with Crippen LogP contribution in [0.25, 0.3) is 0 Å². The molecule has 33 heavy (non-hydrogen) atoms. The molecule has 2 rings (SSSR count). The van der Waals surface area contributed by atoms with Crippen LogP contribution in [0.3, 0.4) is 0 Å². The number of aliphatic carboxylic acids is 1. The summed E-state index contributed by atoms with van der Waals surface area (Å²) in [5.74, 6) is -4.23. The van der Waals surface area contributed by atoms with Crippen molar-refractivity contribution in [1.29, 1.82) is 0 Å². The van der Waals surface area contributed by atoms with E-state index in [4.69, 9.17) is 9.47 Å². The molecule has 2 N–H and O–H groups in total. The van der Waals surface area contributed by atoms with Gasteiger partial charge in [-0.05, 0) is 36.8 Å². The summed E-state index contributed by atoms with van der Waals surface area (Å²) in [5, 5.41) is 23.1. The van der Waals surface area contributed by atoms with Gasteiger partial charge in [0, 0.05) is 30.5 Å². The van der Waals surface area contributed by atoms with E-state index in [2.05, 4.69) is 5.32 Å². The number of carbonyl (C=O) groups is 4. The summed E-state index contributed by atoms with van der Waals surface area (Å²) in [6.07, 6.45) is -0.381. The van der Waals surface area contributed by atoms with Gasteiger partial charge >= 0.3 is 17.9 Å². The van der Waals surface area contributed by atoms with Crippen molar-refractivity contribution in [3.63, 3.8) is 0 Å². The van der Waals surface area contributed by atoms with Crippen molar-refractivity contribution in [2.45, 2.75) is 32.2 Å². The fourth-order valence-corrected chi connectivity index (χ4v) is 3.07. The van der Waals surface area contributed by atoms with Crippen LogP contribution in [-0.4, -0.2) is 46.5 Å². The van der Waals surface area contributed by atoms with E-state index in [0.29, 0.717) is 5.56 Å². The predicted octanol–water partition coefficient (Wildman–Crippen LogP) is 2.44. The van der Waals surface area contributed by atoms with Crippen LogP contribution >= 0.6 is 0 Å². The molecule has 11 nitrogen and oxygen atoms in total. The molecule has 0 aliphatic carbocycles. The fraction of sp³-hybridized carbons (Fsp3) is 0.273. The maximum Gasteiger partial charge on any atom is 0.326 e. The molecule has 0 heterocycles. The largest absolute Gasteiger partial charge is 0.480 e. The quantitative estimate of drug-likeness (QED) is 0.236. The normalized spacial score (nSPS) is 12.2. The van der Waals surface area contributed by atoms with E-state index in [1.165, 1.54) is 55.5 Å². The summed E-state index contributed by atoms with van der Waals surface area (Å²) in [6, 6.07) is 8.92. The van der Waals surface area contributed by atoms with Crippen molar-refractivity contribution in [3.05, 3.63) is 69.8 Å². The Bertz CT molecular complexity index is 1030. The summed E-state index contributed by atoms with van der Waals surface area (Å²) in [6.45, 7) is 2.89. The first-order valence-electron chi connectivity index (χ1n) is 9.84. The van der Waals surface area contributed by atoms with Crippen molar-refractivity contribution in [1.82, 2.24) is 5.32 Å². The summed E-state index contributed by atoms with van der Waals surface area (Å²) in [5.41, 5.74) is 0.180. The molecule has 0 saturated heterocycles. The van der Waals surface area contributed by atoms with Crippen LogP contribution < -0.4 is 10.1 Å². The van der Waals surface area contributed by atoms with E-state index in [-0.39, 0.29) is 30.0 Å². The Morgan fingerprint density at radius 1 is 1.06 bits per heavy atom. The number of hydrogen-bond donors (Lipinski definition) is 2. The summed E-state index contributed by atoms with van der Waals surface area (Å²) in [4.78, 5) is 58.2. The molecular weight excluding hydrogens is 436 g/mol. The molecule has 0 radical (unpaired) electrons. The van der Waals surface area contributed by atoms with E-state index in [1.807, 2.05) is 0 Å². The van der Waals surface area contributed by atoms with Gasteiger partial charge in [-0.15, -0.1) is 0 Å². The average Bonchev–Trinajstić information content (AvgIpc) is 2.76. The maximum absolute atomic E-state index is 12.7. The van der Waals surface area contributed by atoms with Crippen LogP contribution in [0, 0.1) is 10.1 Å². The highest BCUT2D eigenvalue weighted by Gasteiger charge is 2.33. The Morgan fingerprint density at radius 2 is 1.67 bits per heavy atom. The molecule has 2 atom stereocenters. The number of carboxylic acid groups (broad SMARTS) is 1. The minimum Gasteiger partial charge on any atom is -0.480 e. The van der Waals surface area contributed by atoms with Gasteiger partial charge in [-0.25, -0.2) is 4.79 Å². The number of nitrogens with zero attached hydrogens (tertiary/aromatic N) is 1. The first-order valence-corrected chi connectivity index (χ1v) is 9.84. The molecule has 0 spiro atoms. The van der Waals surface area contributed by atoms with Crippen molar-refractivity contribution >= 4 is 29.5 Å². The van der Waals surface area contributed by atoms with Gasteiger partial charge in [0.1, 0.15) is 11.8 Å². The van der Waals surface area contributed by atoms with Gasteiger partial charge < -0.3 is 19.9 Å². The number of benzene rings is 2. The zero-order valence-electron chi connectivity index (χ0n) is 17.8. The Balaban J connectivity index is 2.32. The molecule has 0 unspecified atom stereocenters. The van der Waals surface area contributed by atoms with Gasteiger partial charge in [-0.2, -0.15) is 0 Å². The van der Waals surface area contributed by atoms with Gasteiger partial charge in [-0.1, -0.05) is 12.1 Å². The Kier molecular flexibility index (Phi) is 8.61. The number of ether oxygens (including phenoxy) is 2. The van der Waals surface area contributed by atoms with E-state index < -0.39 is 40.7 Å². The fourth-order valence-electron chi connectivity index (χ4n) is 3.07. The number of nitro groups is 1. The van der Waals surface area contributed by atoms with Crippen molar-refractivity contribution in [3.8, 4) is 5.75 Å². The first-order chi connectivity index (χ1) is 15.6. The third-order valence-electron chi connectivity index (χ3n) is 4.56. The van der Waals surface area contributed by atoms with Crippen LogP contribution in [0.2, 0.25) is 0 Å². The van der Waals surface area contributed by atoms with Crippen LogP contribution in [0.4, 0.5) is 5.69 Å². The second-order valence-corrected chi connectivity index (χ2v) is 6.87. The van der Waals surface area contributed by atoms with Crippen molar-refractivity contribution in [2.75, 3.05) is 6.61 Å². The number of rotatable bonds is 10. The Labute approximate surface area is 188 Å². The number of nitrogens with one attached hydrogen (secondary N) is 1. The number of esters is 2. The molecule has 174 valence electrons. The number of amides is 1. The van der Waals surface area contributed by atoms with Gasteiger partial charge in [0.15, 0.2) is 0 Å². The second kappa shape index (κ2) is 11.4. The number of carboxylic acids is 1. The zero-order chi connectivity index (χ0) is 24.5. The van der Waals surface area contributed by atoms with Crippen molar-refractivity contribution in [2.24, 2.45) is 0 Å². The molecule has 0 aliphatic heterocycles. The van der Waals surface area contributed by atoms with E-state index in [9.17, 15) is 34.4 Å². The lowest BCUT2D eigenvalue weighted by Crippen LogP contribution is -2.45. The topological polar surface area (TPSA) is 162 Å². The molecule has 0 bridgehead atoms. The molecule has 1 amide bonds. The van der Waals surface area contributed by atoms with Gasteiger partial charge in [0.05, 0.1) is 18.0 Å². The van der Waals surface area contributed by atoms with Gasteiger partial charge in [0.2, 0.25) is 0 Å². The zero-order valence-corrected chi connectivity index (χ0v) is 17.8. The SMILES string of the molecule is CCOC(=O)C[C@H](c1ccc([N+](=O)[O-])cc1)[C@H](NC(=O)c1ccc(OC(C)=O)cc1)C(=O)O. The van der Waals surface area contributed by atoms with E-state index >= 15 is 0 Å². The molecule has 0 aromatic heterocycles. The highest BCUT2D eigenvalue weighted by molar-refractivity contribution is 5.97. The molecule has 0 fully saturated rings. The molecule has 2 aromatic carbocycles. The highest BCUT2D eigenvalue weighted by atomic mass is 16.6. The molecule has 2 aromatic rings. The smallest absolute Gasteiger partial charge is 0.326 e. The minimum absolute atomic E-state index is 0.0740. The standard InChI is InChI=1S/C22H22N2O9/c1-3-32-19(26)12-18(14-4-8-16(9-5-14)24(30)31)20(22(28)29)23-21(27)15-6-10-17(11-7-15)33-13(2)25/h4-11,18,20H,3,12H2,1-2H3,(H,23,27)(H,28,29)/t18-,20+/m1/s1. The van der Waals surface area contributed by atoms with E-state index in [1.54, 1.807) is 6.92 Å². The number of carbonyl (C=O) groups excluding carboxylic acids is 3. The van der Waals surface area contributed by atoms with E-state index in [0.717, 1.165) is 0 Å². The van der Waals surface area contributed by atoms with Crippen LogP contribution in [0.5, 0.6) is 5.75 Å². The number of nitro benzene ring substituents is 1. The summed E-state index contributed by atoms with van der Waals surface area (Å²) in [7, 11) is 0. The third kappa shape index (κ3) is 7.13. The first kappa shape index (κ1) is 25.0. The van der Waals surface area contributed by atoms with Crippen LogP contribution in [0.1, 0.15) is 42.1 Å². The lowest BCUT2D eigenvalue weighted by molar-refractivity contribution is -0.384. The molecule has 11 heteroatoms. The third-order valence-corrected chi connectivity index (χ3v) is 4.56. The van der Waals surface area contributed by atoms with Gasteiger partial charge in [-0.3, -0.25) is 24.5 Å². The molecule has 0 saturated carbocycles. The second-order valence-electron chi connectivity index (χ2n) is 6.87. The average molecular weight is 458 g/mol. The lowest BCUT2D eigenvalue weighted by atomic mass is 9.88. The summed E-state index contributed by atoms with van der Waals surface area (Å²) >= 11 is 0. The minimum atomic E-state index is -1.54.